The Kier molecular flexibility index (Phi) is 8.10. The SMILES string of the molecule is CC#C[C@@H](CC(=O)O)c1ccc(NC(=O)C(=O)Cc2cc(C(F)(F)F)ccc2C(F)(F)F)cc1. The number of ketones is 1. The fraction of sp³-hybridized carbons (Fsp3) is 0.261. The number of hydrogen-bond acceptors (Lipinski definition) is 3. The van der Waals surface area contributed by atoms with E-state index in [2.05, 4.69) is 17.2 Å². The van der Waals surface area contributed by atoms with Gasteiger partial charge in [0, 0.05) is 12.1 Å². The first-order valence-electron chi connectivity index (χ1n) is 9.58. The number of carbonyl (C=O) groups is 3. The fourth-order valence-corrected chi connectivity index (χ4v) is 3.05. The maximum absolute atomic E-state index is 13.2. The van der Waals surface area contributed by atoms with Crippen molar-refractivity contribution in [3.8, 4) is 11.8 Å². The van der Waals surface area contributed by atoms with E-state index >= 15 is 0 Å². The summed E-state index contributed by atoms with van der Waals surface area (Å²) in [4.78, 5) is 35.3. The average Bonchev–Trinajstić information content (AvgIpc) is 2.72. The molecule has 2 aromatic carbocycles. The predicted octanol–water partition coefficient (Wildman–Crippen LogP) is 5.06. The second kappa shape index (κ2) is 10.4. The number of benzene rings is 2. The first-order chi connectivity index (χ1) is 15.7. The molecule has 0 saturated heterocycles. The second-order valence-corrected chi connectivity index (χ2v) is 7.09. The third-order valence-corrected chi connectivity index (χ3v) is 4.61. The molecule has 0 radical (unpaired) electrons. The van der Waals surface area contributed by atoms with Gasteiger partial charge in [-0.1, -0.05) is 18.1 Å². The zero-order valence-corrected chi connectivity index (χ0v) is 17.5. The first kappa shape index (κ1) is 26.4. The minimum atomic E-state index is -5.03. The Bertz CT molecular complexity index is 1140. The Morgan fingerprint density at radius 2 is 1.59 bits per heavy atom. The number of halogens is 6. The van der Waals surface area contributed by atoms with Crippen LogP contribution in [-0.2, 0) is 33.2 Å². The smallest absolute Gasteiger partial charge is 0.416 e. The Balaban J connectivity index is 2.20. The molecule has 2 N–H and O–H groups in total. The van der Waals surface area contributed by atoms with Gasteiger partial charge in [0.05, 0.1) is 23.5 Å². The van der Waals surface area contributed by atoms with E-state index in [4.69, 9.17) is 5.11 Å². The van der Waals surface area contributed by atoms with Crippen LogP contribution in [0.5, 0.6) is 0 Å². The molecule has 0 aromatic heterocycles. The molecule has 0 aliphatic rings. The highest BCUT2D eigenvalue weighted by Gasteiger charge is 2.37. The molecule has 2 aromatic rings. The molecule has 0 unspecified atom stereocenters. The summed E-state index contributed by atoms with van der Waals surface area (Å²) in [6, 6.07) is 6.23. The number of carbonyl (C=O) groups excluding carboxylic acids is 2. The summed E-state index contributed by atoms with van der Waals surface area (Å²) in [6.45, 7) is 1.53. The lowest BCUT2D eigenvalue weighted by Crippen LogP contribution is -2.26. The lowest BCUT2D eigenvalue weighted by molar-refractivity contribution is -0.142. The van der Waals surface area contributed by atoms with E-state index in [0.29, 0.717) is 5.56 Å². The van der Waals surface area contributed by atoms with Crippen LogP contribution in [0.1, 0.15) is 41.5 Å². The Morgan fingerprint density at radius 1 is 0.971 bits per heavy atom. The number of carboxylic acids is 1. The van der Waals surface area contributed by atoms with Crippen LogP contribution in [0.25, 0.3) is 0 Å². The van der Waals surface area contributed by atoms with Gasteiger partial charge in [0.1, 0.15) is 0 Å². The van der Waals surface area contributed by atoms with E-state index in [1.54, 1.807) is 0 Å². The summed E-state index contributed by atoms with van der Waals surface area (Å²) in [7, 11) is 0. The number of nitrogens with one attached hydrogen (secondary N) is 1. The van der Waals surface area contributed by atoms with Crippen LogP contribution >= 0.6 is 0 Å². The number of anilines is 1. The molecule has 0 aliphatic carbocycles. The molecule has 0 fully saturated rings. The summed E-state index contributed by atoms with van der Waals surface area (Å²) in [5, 5.41) is 11.1. The standard InChI is InChI=1S/C23H17F6NO4/c1-2-3-14(12-20(32)33)13-4-7-17(8-5-13)30-21(34)19(31)11-15-10-16(22(24,25)26)6-9-18(15)23(27,28)29/h4-10,14H,11-12H2,1H3,(H,30,34)(H,32,33)/t14-/m0/s1. The molecular formula is C23H17F6NO4. The van der Waals surface area contributed by atoms with Crippen molar-refractivity contribution in [1.29, 1.82) is 0 Å². The molecule has 180 valence electrons. The number of alkyl halides is 6. The van der Waals surface area contributed by atoms with Crippen molar-refractivity contribution in [2.75, 3.05) is 5.32 Å². The molecule has 5 nitrogen and oxygen atoms in total. The van der Waals surface area contributed by atoms with Gasteiger partial charge in [0.15, 0.2) is 0 Å². The van der Waals surface area contributed by atoms with Crippen LogP contribution in [0.15, 0.2) is 42.5 Å². The molecule has 1 amide bonds. The van der Waals surface area contributed by atoms with Crippen molar-refractivity contribution in [3.05, 3.63) is 64.7 Å². The molecule has 1 atom stereocenters. The number of rotatable bonds is 7. The number of Topliss-reactive ketones (excluding diaryl/α,β-unsaturated/α-hetero) is 1. The highest BCUT2D eigenvalue weighted by Crippen LogP contribution is 2.36. The normalized spacial score (nSPS) is 12.3. The van der Waals surface area contributed by atoms with E-state index in [0.717, 1.165) is 0 Å². The molecular weight excluding hydrogens is 468 g/mol. The molecule has 11 heteroatoms. The van der Waals surface area contributed by atoms with Crippen LogP contribution < -0.4 is 5.32 Å². The van der Waals surface area contributed by atoms with Gasteiger partial charge in [-0.15, -0.1) is 5.92 Å². The molecule has 0 heterocycles. The highest BCUT2D eigenvalue weighted by atomic mass is 19.4. The summed E-state index contributed by atoms with van der Waals surface area (Å²) < 4.78 is 78.2. The quantitative estimate of drug-likeness (QED) is 0.327. The van der Waals surface area contributed by atoms with Gasteiger partial charge in [-0.25, -0.2) is 0 Å². The lowest BCUT2D eigenvalue weighted by Gasteiger charge is -2.15. The van der Waals surface area contributed by atoms with Gasteiger partial charge in [-0.2, -0.15) is 26.3 Å². The predicted molar refractivity (Wildman–Crippen MR) is 109 cm³/mol. The third-order valence-electron chi connectivity index (χ3n) is 4.61. The van der Waals surface area contributed by atoms with Gasteiger partial charge in [-0.3, -0.25) is 14.4 Å². The highest BCUT2D eigenvalue weighted by molar-refractivity contribution is 6.41. The van der Waals surface area contributed by atoms with Gasteiger partial charge in [0.2, 0.25) is 5.78 Å². The van der Waals surface area contributed by atoms with Crippen molar-refractivity contribution in [3.63, 3.8) is 0 Å². The maximum Gasteiger partial charge on any atom is 0.416 e. The minimum absolute atomic E-state index is 0.0701. The molecule has 0 saturated carbocycles. The molecule has 0 bridgehead atoms. The van der Waals surface area contributed by atoms with Gasteiger partial charge < -0.3 is 10.4 Å². The van der Waals surface area contributed by atoms with Crippen molar-refractivity contribution in [1.82, 2.24) is 0 Å². The minimum Gasteiger partial charge on any atom is -0.481 e. The van der Waals surface area contributed by atoms with Gasteiger partial charge in [-0.05, 0) is 48.4 Å². The van der Waals surface area contributed by atoms with E-state index in [9.17, 15) is 40.7 Å². The zero-order valence-electron chi connectivity index (χ0n) is 17.5. The van der Waals surface area contributed by atoms with Crippen molar-refractivity contribution < 1.29 is 45.8 Å². The summed E-state index contributed by atoms with van der Waals surface area (Å²) in [5.41, 5.74) is -3.23. The summed E-state index contributed by atoms with van der Waals surface area (Å²) in [6.07, 6.45) is -11.4. The van der Waals surface area contributed by atoms with E-state index in [-0.39, 0.29) is 30.3 Å². The van der Waals surface area contributed by atoms with Gasteiger partial charge >= 0.3 is 18.3 Å². The molecule has 0 aliphatic heterocycles. The third kappa shape index (κ3) is 7.10. The number of carboxylic acid groups (broad SMARTS) is 1. The number of hydrogen-bond donors (Lipinski definition) is 2. The Hall–Kier alpha value is -3.81. The van der Waals surface area contributed by atoms with Crippen molar-refractivity contribution >= 4 is 23.3 Å². The van der Waals surface area contributed by atoms with E-state index in [1.165, 1.54) is 31.2 Å². The van der Waals surface area contributed by atoms with Crippen molar-refractivity contribution in [2.24, 2.45) is 0 Å². The van der Waals surface area contributed by atoms with E-state index in [1.807, 2.05) is 0 Å². The summed E-state index contributed by atoms with van der Waals surface area (Å²) >= 11 is 0. The van der Waals surface area contributed by atoms with E-state index < -0.39 is 59.0 Å². The Labute approximate surface area is 189 Å². The lowest BCUT2D eigenvalue weighted by atomic mass is 9.96. The Morgan fingerprint density at radius 3 is 2.09 bits per heavy atom. The fourth-order valence-electron chi connectivity index (χ4n) is 3.05. The van der Waals surface area contributed by atoms with Crippen LogP contribution in [0.2, 0.25) is 0 Å². The van der Waals surface area contributed by atoms with Crippen molar-refractivity contribution in [2.45, 2.75) is 38.0 Å². The largest absolute Gasteiger partial charge is 0.481 e. The second-order valence-electron chi connectivity index (χ2n) is 7.09. The molecule has 0 spiro atoms. The topological polar surface area (TPSA) is 83.5 Å². The zero-order chi connectivity index (χ0) is 25.7. The van der Waals surface area contributed by atoms with Crippen LogP contribution in [-0.4, -0.2) is 22.8 Å². The first-order valence-corrected chi connectivity index (χ1v) is 9.58. The number of amides is 1. The molecule has 34 heavy (non-hydrogen) atoms. The summed E-state index contributed by atoms with van der Waals surface area (Å²) in [5.74, 6) is 0.916. The van der Waals surface area contributed by atoms with Crippen LogP contribution in [0.3, 0.4) is 0 Å². The van der Waals surface area contributed by atoms with Crippen LogP contribution in [0.4, 0.5) is 32.0 Å². The maximum atomic E-state index is 13.2. The average molecular weight is 485 g/mol. The van der Waals surface area contributed by atoms with Crippen LogP contribution in [0, 0.1) is 11.8 Å². The van der Waals surface area contributed by atoms with Gasteiger partial charge in [0.25, 0.3) is 5.91 Å². The number of aliphatic carboxylic acids is 1. The monoisotopic (exact) mass is 485 g/mol. The molecule has 2 rings (SSSR count).